The van der Waals surface area contributed by atoms with Crippen molar-refractivity contribution in [1.82, 2.24) is 0 Å². The van der Waals surface area contributed by atoms with E-state index in [4.69, 9.17) is 0 Å². The van der Waals surface area contributed by atoms with Gasteiger partial charge in [0.15, 0.2) is 0 Å². The first-order valence-corrected chi connectivity index (χ1v) is 6.35. The lowest BCUT2D eigenvalue weighted by Gasteiger charge is -2.56. The molecule has 2 saturated carbocycles. The summed E-state index contributed by atoms with van der Waals surface area (Å²) in [6, 6.07) is 0. The third-order valence-corrected chi connectivity index (χ3v) is 4.95. The molecule has 0 aromatic rings. The van der Waals surface area contributed by atoms with Crippen LogP contribution in [0.2, 0.25) is 0 Å². The Morgan fingerprint density at radius 2 is 2.12 bits per heavy atom. The predicted octanol–water partition coefficient (Wildman–Crippen LogP) is 4.05. The first-order chi connectivity index (χ1) is 7.54. The highest BCUT2D eigenvalue weighted by atomic mass is 16.1. The molecule has 88 valence electrons. The summed E-state index contributed by atoms with van der Waals surface area (Å²) < 4.78 is 0. The van der Waals surface area contributed by atoms with Crippen molar-refractivity contribution in [3.8, 4) is 0 Å². The van der Waals surface area contributed by atoms with E-state index >= 15 is 0 Å². The molecule has 2 fully saturated rings. The van der Waals surface area contributed by atoms with Gasteiger partial charge < -0.3 is 0 Å². The average molecular weight is 218 g/mol. The van der Waals surface area contributed by atoms with Crippen LogP contribution in [0, 0.1) is 10.8 Å². The van der Waals surface area contributed by atoms with Crippen molar-refractivity contribution >= 4 is 5.78 Å². The first-order valence-electron chi connectivity index (χ1n) is 6.35. The van der Waals surface area contributed by atoms with Gasteiger partial charge in [-0.3, -0.25) is 4.79 Å². The maximum absolute atomic E-state index is 11.7. The van der Waals surface area contributed by atoms with E-state index in [0.29, 0.717) is 5.78 Å². The summed E-state index contributed by atoms with van der Waals surface area (Å²) in [5.74, 6) is 0.442. The van der Waals surface area contributed by atoms with Crippen LogP contribution in [0.4, 0.5) is 0 Å². The minimum Gasteiger partial charge on any atom is -0.300 e. The fraction of sp³-hybridized carbons (Fsp3) is 0.667. The highest BCUT2D eigenvalue weighted by Crippen LogP contribution is 2.61. The average Bonchev–Trinajstić information content (AvgIpc) is 2.21. The molecular weight excluding hydrogens is 196 g/mol. The largest absolute Gasteiger partial charge is 0.300 e. The minimum atomic E-state index is 0.145. The van der Waals surface area contributed by atoms with Crippen molar-refractivity contribution in [2.45, 2.75) is 51.9 Å². The van der Waals surface area contributed by atoms with Gasteiger partial charge in [0.05, 0.1) is 0 Å². The topological polar surface area (TPSA) is 17.1 Å². The van der Waals surface area contributed by atoms with Crippen molar-refractivity contribution in [2.24, 2.45) is 10.8 Å². The summed E-state index contributed by atoms with van der Waals surface area (Å²) in [6.07, 6.45) is 9.00. The second-order valence-electron chi connectivity index (χ2n) is 5.81. The Morgan fingerprint density at radius 1 is 1.38 bits per heavy atom. The molecule has 0 radical (unpaired) electrons. The van der Waals surface area contributed by atoms with E-state index in [2.05, 4.69) is 20.1 Å². The summed E-state index contributed by atoms with van der Waals surface area (Å²) in [7, 11) is 0. The summed E-state index contributed by atoms with van der Waals surface area (Å²) in [5.41, 5.74) is 1.68. The van der Waals surface area contributed by atoms with Gasteiger partial charge in [0.2, 0.25) is 0 Å². The molecule has 2 aliphatic carbocycles. The zero-order valence-electron chi connectivity index (χ0n) is 10.3. The van der Waals surface area contributed by atoms with Gasteiger partial charge in [-0.15, -0.1) is 6.58 Å². The van der Waals surface area contributed by atoms with Gasteiger partial charge in [-0.1, -0.05) is 25.2 Å². The van der Waals surface area contributed by atoms with Gasteiger partial charge in [-0.25, -0.2) is 0 Å². The quantitative estimate of drug-likeness (QED) is 0.639. The molecule has 2 aliphatic rings. The zero-order chi connectivity index (χ0) is 11.8. The molecule has 0 aromatic heterocycles. The van der Waals surface area contributed by atoms with E-state index in [1.165, 1.54) is 18.4 Å². The van der Waals surface area contributed by atoms with Crippen LogP contribution in [-0.2, 0) is 4.79 Å². The maximum atomic E-state index is 11.7. The van der Waals surface area contributed by atoms with E-state index in [0.717, 1.165) is 32.1 Å². The van der Waals surface area contributed by atoms with Crippen LogP contribution in [0.25, 0.3) is 0 Å². The molecule has 0 bridgehead atoms. The lowest BCUT2D eigenvalue weighted by Crippen LogP contribution is -2.48. The van der Waals surface area contributed by atoms with Crippen molar-refractivity contribution in [2.75, 3.05) is 0 Å². The van der Waals surface area contributed by atoms with Crippen LogP contribution >= 0.6 is 0 Å². The standard InChI is InChI=1S/C15H22O/c1-4-8-15-10-7-13(16)11-14(15,3)9-5-6-12(15)2/h4H,1-2,5-11H2,3H3/t14-,15-/m1/s1. The van der Waals surface area contributed by atoms with Crippen LogP contribution in [0.5, 0.6) is 0 Å². The van der Waals surface area contributed by atoms with Gasteiger partial charge >= 0.3 is 0 Å². The lowest BCUT2D eigenvalue weighted by molar-refractivity contribution is -0.130. The molecule has 2 atom stereocenters. The van der Waals surface area contributed by atoms with Crippen molar-refractivity contribution in [1.29, 1.82) is 0 Å². The number of carbonyl (C=O) groups is 1. The number of rotatable bonds is 2. The van der Waals surface area contributed by atoms with E-state index in [1.54, 1.807) is 0 Å². The van der Waals surface area contributed by atoms with Crippen LogP contribution < -0.4 is 0 Å². The number of carbonyl (C=O) groups excluding carboxylic acids is 1. The highest BCUT2D eigenvalue weighted by molar-refractivity contribution is 5.80. The Labute approximate surface area is 98.6 Å². The number of ketones is 1. The zero-order valence-corrected chi connectivity index (χ0v) is 10.3. The number of hydrogen-bond donors (Lipinski definition) is 0. The van der Waals surface area contributed by atoms with E-state index in [9.17, 15) is 4.79 Å². The van der Waals surface area contributed by atoms with Gasteiger partial charge in [0.1, 0.15) is 5.78 Å². The molecule has 0 N–H and O–H groups in total. The summed E-state index contributed by atoms with van der Waals surface area (Å²) in [4.78, 5) is 11.7. The molecule has 1 nitrogen and oxygen atoms in total. The summed E-state index contributed by atoms with van der Waals surface area (Å²) >= 11 is 0. The van der Waals surface area contributed by atoms with E-state index < -0.39 is 0 Å². The fourth-order valence-electron chi connectivity index (χ4n) is 3.95. The SMILES string of the molecule is C=CC[C@]12CCC(=O)C[C@@]1(C)CCCC2=C. The molecule has 1 heteroatoms. The van der Waals surface area contributed by atoms with Crippen molar-refractivity contribution < 1.29 is 4.79 Å². The molecule has 0 saturated heterocycles. The molecular formula is C15H22O. The minimum absolute atomic E-state index is 0.145. The van der Waals surface area contributed by atoms with Gasteiger partial charge in [0, 0.05) is 18.3 Å². The monoisotopic (exact) mass is 218 g/mol. The number of fused-ring (bicyclic) bond motifs is 1. The Balaban J connectivity index is 2.40. The highest BCUT2D eigenvalue weighted by Gasteiger charge is 2.53. The Bertz CT molecular complexity index is 341. The summed E-state index contributed by atoms with van der Waals surface area (Å²) in [6.45, 7) is 10.5. The van der Waals surface area contributed by atoms with Crippen LogP contribution in [0.15, 0.2) is 24.8 Å². The third kappa shape index (κ3) is 1.49. The Hall–Kier alpha value is -0.850. The lowest BCUT2D eigenvalue weighted by atomic mass is 9.48. The van der Waals surface area contributed by atoms with Crippen LogP contribution in [-0.4, -0.2) is 5.78 Å². The molecule has 0 unspecified atom stereocenters. The van der Waals surface area contributed by atoms with Crippen LogP contribution in [0.3, 0.4) is 0 Å². The van der Waals surface area contributed by atoms with Crippen molar-refractivity contribution in [3.63, 3.8) is 0 Å². The molecule has 0 spiro atoms. The smallest absolute Gasteiger partial charge is 0.133 e. The second-order valence-corrected chi connectivity index (χ2v) is 5.81. The second kappa shape index (κ2) is 3.87. The van der Waals surface area contributed by atoms with Gasteiger partial charge in [-0.2, -0.15) is 0 Å². The molecule has 0 aliphatic heterocycles. The number of Topliss-reactive ketones (excluding diaryl/α,β-unsaturated/α-hetero) is 1. The third-order valence-electron chi connectivity index (χ3n) is 4.95. The Kier molecular flexibility index (Phi) is 2.81. The van der Waals surface area contributed by atoms with Gasteiger partial charge in [-0.05, 0) is 37.5 Å². The number of hydrogen-bond acceptors (Lipinski definition) is 1. The first kappa shape index (κ1) is 11.6. The van der Waals surface area contributed by atoms with Crippen LogP contribution in [0.1, 0.15) is 51.9 Å². The fourth-order valence-corrected chi connectivity index (χ4v) is 3.95. The molecule has 16 heavy (non-hydrogen) atoms. The molecule has 0 aromatic carbocycles. The van der Waals surface area contributed by atoms with E-state index in [-0.39, 0.29) is 10.8 Å². The van der Waals surface area contributed by atoms with Crippen molar-refractivity contribution in [3.05, 3.63) is 24.8 Å². The molecule has 2 rings (SSSR count). The number of allylic oxidation sites excluding steroid dienone is 2. The normalized spacial score (nSPS) is 39.3. The van der Waals surface area contributed by atoms with E-state index in [1.807, 2.05) is 6.08 Å². The summed E-state index contributed by atoms with van der Waals surface area (Å²) in [5, 5.41) is 0. The molecule has 0 amide bonds. The van der Waals surface area contributed by atoms with Gasteiger partial charge in [0.25, 0.3) is 0 Å². The Morgan fingerprint density at radius 3 is 2.81 bits per heavy atom. The predicted molar refractivity (Wildman–Crippen MR) is 67.2 cm³/mol. The molecule has 0 heterocycles. The maximum Gasteiger partial charge on any atom is 0.133 e.